The van der Waals surface area contributed by atoms with Crippen LogP contribution in [-0.2, 0) is 9.53 Å². The molecular formula is C12H21NO4. The van der Waals surface area contributed by atoms with Crippen LogP contribution in [-0.4, -0.2) is 28.3 Å². The molecule has 0 radical (unpaired) electrons. The van der Waals surface area contributed by atoms with Crippen molar-refractivity contribution < 1.29 is 19.4 Å². The van der Waals surface area contributed by atoms with Crippen molar-refractivity contribution in [3.05, 3.63) is 0 Å². The van der Waals surface area contributed by atoms with Gasteiger partial charge < -0.3 is 15.2 Å². The Labute approximate surface area is 102 Å². The van der Waals surface area contributed by atoms with Crippen LogP contribution in [0.5, 0.6) is 0 Å². The van der Waals surface area contributed by atoms with Crippen LogP contribution in [0.15, 0.2) is 0 Å². The second-order valence-corrected chi connectivity index (χ2v) is 5.96. The first-order valence-electron chi connectivity index (χ1n) is 5.83. The van der Waals surface area contributed by atoms with E-state index in [0.29, 0.717) is 6.42 Å². The summed E-state index contributed by atoms with van der Waals surface area (Å²) in [6, 6.07) is 0. The summed E-state index contributed by atoms with van der Waals surface area (Å²) >= 11 is 0. The van der Waals surface area contributed by atoms with Gasteiger partial charge in [0.15, 0.2) is 0 Å². The van der Waals surface area contributed by atoms with Crippen LogP contribution >= 0.6 is 0 Å². The molecule has 1 aliphatic rings. The molecule has 1 rings (SSSR count). The van der Waals surface area contributed by atoms with Crippen LogP contribution in [0, 0.1) is 11.8 Å². The summed E-state index contributed by atoms with van der Waals surface area (Å²) in [5.74, 6) is -0.782. The minimum atomic E-state index is -1.13. The molecule has 0 aromatic rings. The molecule has 0 aromatic carbocycles. The lowest BCUT2D eigenvalue weighted by Crippen LogP contribution is -2.47. The Kier molecular flexibility index (Phi) is 3.41. The number of hydrogen-bond donors (Lipinski definition) is 2. The molecule has 0 aliphatic heterocycles. The quantitative estimate of drug-likeness (QED) is 0.795. The van der Waals surface area contributed by atoms with E-state index in [1.807, 2.05) is 13.8 Å². The Morgan fingerprint density at radius 2 is 1.94 bits per heavy atom. The van der Waals surface area contributed by atoms with Crippen molar-refractivity contribution in [2.24, 2.45) is 11.8 Å². The summed E-state index contributed by atoms with van der Waals surface area (Å²) in [4.78, 5) is 22.8. The first kappa shape index (κ1) is 13.8. The number of hydrogen-bond acceptors (Lipinski definition) is 3. The number of carbonyl (C=O) groups excluding carboxylic acids is 1. The van der Waals surface area contributed by atoms with Crippen LogP contribution in [0.3, 0.4) is 0 Å². The number of rotatable bonds is 3. The smallest absolute Gasteiger partial charge is 0.408 e. The highest BCUT2D eigenvalue weighted by Gasteiger charge is 2.63. The van der Waals surface area contributed by atoms with E-state index >= 15 is 0 Å². The van der Waals surface area contributed by atoms with Gasteiger partial charge in [0.05, 0.1) is 0 Å². The molecule has 98 valence electrons. The lowest BCUT2D eigenvalue weighted by atomic mass is 10.0. The molecule has 1 fully saturated rings. The van der Waals surface area contributed by atoms with E-state index in [1.54, 1.807) is 20.8 Å². The summed E-state index contributed by atoms with van der Waals surface area (Å²) in [6.45, 7) is 9.13. The molecule has 5 heteroatoms. The van der Waals surface area contributed by atoms with Crippen molar-refractivity contribution in [2.45, 2.75) is 52.2 Å². The Morgan fingerprint density at radius 3 is 2.24 bits per heavy atom. The molecule has 0 aromatic heterocycles. The van der Waals surface area contributed by atoms with Crippen molar-refractivity contribution in [2.75, 3.05) is 0 Å². The van der Waals surface area contributed by atoms with Gasteiger partial charge in [-0.2, -0.15) is 0 Å². The van der Waals surface area contributed by atoms with Gasteiger partial charge in [-0.1, -0.05) is 13.8 Å². The largest absolute Gasteiger partial charge is 0.479 e. The molecule has 5 nitrogen and oxygen atoms in total. The van der Waals surface area contributed by atoms with Crippen LogP contribution in [0.1, 0.15) is 41.0 Å². The van der Waals surface area contributed by atoms with E-state index in [0.717, 1.165) is 0 Å². The number of alkyl carbamates (subject to hydrolysis) is 1. The van der Waals surface area contributed by atoms with Gasteiger partial charge in [0.1, 0.15) is 11.1 Å². The van der Waals surface area contributed by atoms with Crippen molar-refractivity contribution in [1.82, 2.24) is 5.32 Å². The normalized spacial score (nSPS) is 27.8. The highest BCUT2D eigenvalue weighted by Crippen LogP contribution is 2.48. The summed E-state index contributed by atoms with van der Waals surface area (Å²) in [7, 11) is 0. The van der Waals surface area contributed by atoms with Gasteiger partial charge in [0, 0.05) is 0 Å². The van der Waals surface area contributed by atoms with Crippen LogP contribution in [0.25, 0.3) is 0 Å². The number of carboxylic acid groups (broad SMARTS) is 1. The monoisotopic (exact) mass is 243 g/mol. The first-order chi connectivity index (χ1) is 7.58. The van der Waals surface area contributed by atoms with Gasteiger partial charge in [0.25, 0.3) is 0 Å². The number of aliphatic carboxylic acids is 1. The van der Waals surface area contributed by atoms with Crippen LogP contribution < -0.4 is 5.32 Å². The van der Waals surface area contributed by atoms with E-state index in [1.165, 1.54) is 0 Å². The first-order valence-corrected chi connectivity index (χ1v) is 5.83. The highest BCUT2D eigenvalue weighted by atomic mass is 16.6. The summed E-state index contributed by atoms with van der Waals surface area (Å²) in [5, 5.41) is 11.7. The molecule has 0 bridgehead atoms. The number of carbonyl (C=O) groups is 2. The van der Waals surface area contributed by atoms with Gasteiger partial charge in [-0.25, -0.2) is 9.59 Å². The van der Waals surface area contributed by atoms with E-state index in [9.17, 15) is 14.7 Å². The fourth-order valence-corrected chi connectivity index (χ4v) is 2.02. The summed E-state index contributed by atoms with van der Waals surface area (Å²) in [6.07, 6.45) is -0.192. The molecular weight excluding hydrogens is 222 g/mol. The molecule has 1 amide bonds. The minimum absolute atomic E-state index is 0.0208. The van der Waals surface area contributed by atoms with Gasteiger partial charge in [0.2, 0.25) is 0 Å². The minimum Gasteiger partial charge on any atom is -0.479 e. The van der Waals surface area contributed by atoms with Crippen molar-refractivity contribution in [3.63, 3.8) is 0 Å². The molecule has 0 spiro atoms. The molecule has 1 aliphatic carbocycles. The average Bonchev–Trinajstić information content (AvgIpc) is 2.76. The zero-order valence-electron chi connectivity index (χ0n) is 11.0. The Hall–Kier alpha value is -1.26. The van der Waals surface area contributed by atoms with Crippen LogP contribution in [0.4, 0.5) is 4.79 Å². The third-order valence-electron chi connectivity index (χ3n) is 2.93. The Morgan fingerprint density at radius 1 is 1.41 bits per heavy atom. The lowest BCUT2D eigenvalue weighted by Gasteiger charge is -2.22. The lowest BCUT2D eigenvalue weighted by molar-refractivity contribution is -0.141. The fraction of sp³-hybridized carbons (Fsp3) is 0.833. The molecule has 1 saturated carbocycles. The van der Waals surface area contributed by atoms with E-state index in [2.05, 4.69) is 5.32 Å². The summed E-state index contributed by atoms with van der Waals surface area (Å²) in [5.41, 5.74) is -1.75. The number of ether oxygens (including phenoxy) is 1. The molecule has 2 N–H and O–H groups in total. The number of carboxylic acids is 1. The maximum Gasteiger partial charge on any atom is 0.408 e. The zero-order chi connectivity index (χ0) is 13.4. The SMILES string of the molecule is CC(C)C1CC1(NC(=O)OC(C)(C)C)C(=O)O. The molecule has 2 unspecified atom stereocenters. The second-order valence-electron chi connectivity index (χ2n) is 5.96. The second kappa shape index (κ2) is 4.20. The zero-order valence-corrected chi connectivity index (χ0v) is 11.0. The van der Waals surface area contributed by atoms with Gasteiger partial charge in [-0.05, 0) is 39.0 Å². The Bertz CT molecular complexity index is 332. The predicted octanol–water partition coefficient (Wildman–Crippen LogP) is 2.01. The van der Waals surface area contributed by atoms with E-state index in [-0.39, 0.29) is 11.8 Å². The number of nitrogens with one attached hydrogen (secondary N) is 1. The number of amides is 1. The van der Waals surface area contributed by atoms with Crippen molar-refractivity contribution in [1.29, 1.82) is 0 Å². The maximum atomic E-state index is 11.6. The molecule has 17 heavy (non-hydrogen) atoms. The third kappa shape index (κ3) is 3.11. The Balaban J connectivity index is 2.66. The fourth-order valence-electron chi connectivity index (χ4n) is 2.02. The standard InChI is InChI=1S/C12H21NO4/c1-7(2)8-6-12(8,9(14)15)13-10(16)17-11(3,4)5/h7-8H,6H2,1-5H3,(H,13,16)(H,14,15). The highest BCUT2D eigenvalue weighted by molar-refractivity contribution is 5.88. The van der Waals surface area contributed by atoms with Crippen molar-refractivity contribution in [3.8, 4) is 0 Å². The molecule has 0 heterocycles. The molecule has 2 atom stereocenters. The topological polar surface area (TPSA) is 75.6 Å². The van der Waals surface area contributed by atoms with Crippen LogP contribution in [0.2, 0.25) is 0 Å². The van der Waals surface area contributed by atoms with Gasteiger partial charge >= 0.3 is 12.1 Å². The van der Waals surface area contributed by atoms with E-state index in [4.69, 9.17) is 4.74 Å². The summed E-state index contributed by atoms with van der Waals surface area (Å²) < 4.78 is 5.08. The maximum absolute atomic E-state index is 11.6. The molecule has 0 saturated heterocycles. The van der Waals surface area contributed by atoms with Gasteiger partial charge in [-0.15, -0.1) is 0 Å². The average molecular weight is 243 g/mol. The van der Waals surface area contributed by atoms with Gasteiger partial charge in [-0.3, -0.25) is 0 Å². The van der Waals surface area contributed by atoms with Crippen molar-refractivity contribution >= 4 is 12.1 Å². The van der Waals surface area contributed by atoms with E-state index < -0.39 is 23.2 Å². The third-order valence-corrected chi connectivity index (χ3v) is 2.93. The predicted molar refractivity (Wildman–Crippen MR) is 62.7 cm³/mol.